The minimum absolute atomic E-state index is 0.0913. The quantitative estimate of drug-likeness (QED) is 0.772. The van der Waals surface area contributed by atoms with Crippen LogP contribution in [0.25, 0.3) is 0 Å². The molecule has 0 saturated heterocycles. The zero-order valence-electron chi connectivity index (χ0n) is 11.7. The van der Waals surface area contributed by atoms with Gasteiger partial charge < -0.3 is 5.32 Å². The summed E-state index contributed by atoms with van der Waals surface area (Å²) in [5.74, 6) is 1.65. The van der Waals surface area contributed by atoms with Gasteiger partial charge in [0.05, 0.1) is 0 Å². The summed E-state index contributed by atoms with van der Waals surface area (Å²) in [7, 11) is 0. The fourth-order valence-electron chi connectivity index (χ4n) is 2.90. The predicted molar refractivity (Wildman–Crippen MR) is 81.2 cm³/mol. The average molecular weight is 281 g/mol. The van der Waals surface area contributed by atoms with Gasteiger partial charge in [0.2, 0.25) is 0 Å². The zero-order valence-corrected chi connectivity index (χ0v) is 12.5. The van der Waals surface area contributed by atoms with E-state index in [4.69, 9.17) is 0 Å². The zero-order chi connectivity index (χ0) is 13.5. The predicted octanol–water partition coefficient (Wildman–Crippen LogP) is 4.48. The Bertz CT molecular complexity index is 377. The Hall–Kier alpha value is -0.540. The Kier molecular flexibility index (Phi) is 6.18. The smallest absolute Gasteiger partial charge is 0.136 e. The summed E-state index contributed by atoms with van der Waals surface area (Å²) in [6, 6.07) is 7.61. The maximum atomic E-state index is 13.6. The molecule has 1 aromatic rings. The lowest BCUT2D eigenvalue weighted by Crippen LogP contribution is -2.39. The highest BCUT2D eigenvalue weighted by Crippen LogP contribution is 2.30. The van der Waals surface area contributed by atoms with Crippen molar-refractivity contribution in [1.82, 2.24) is 5.32 Å². The van der Waals surface area contributed by atoms with Gasteiger partial charge in [-0.3, -0.25) is 0 Å². The van der Waals surface area contributed by atoms with E-state index in [0.29, 0.717) is 6.04 Å². The molecule has 0 spiro atoms. The first-order valence-corrected chi connectivity index (χ1v) is 8.40. The van der Waals surface area contributed by atoms with Crippen LogP contribution in [0, 0.1) is 11.7 Å². The van der Waals surface area contributed by atoms with Crippen LogP contribution >= 0.6 is 11.8 Å². The topological polar surface area (TPSA) is 12.0 Å². The van der Waals surface area contributed by atoms with Crippen molar-refractivity contribution >= 4 is 11.8 Å². The highest BCUT2D eigenvalue weighted by atomic mass is 32.2. The first-order valence-electron chi connectivity index (χ1n) is 7.42. The first-order chi connectivity index (χ1) is 9.31. The van der Waals surface area contributed by atoms with Crippen molar-refractivity contribution in [3.05, 3.63) is 30.1 Å². The molecule has 1 nitrogen and oxygen atoms in total. The highest BCUT2D eigenvalue weighted by Gasteiger charge is 2.23. The molecular formula is C16H24FNS. The average Bonchev–Trinajstić information content (AvgIpc) is 2.46. The highest BCUT2D eigenvalue weighted by molar-refractivity contribution is 7.99. The number of hydrogen-bond acceptors (Lipinski definition) is 2. The third-order valence-electron chi connectivity index (χ3n) is 3.94. The molecule has 0 radical (unpaired) electrons. The van der Waals surface area contributed by atoms with E-state index >= 15 is 0 Å². The van der Waals surface area contributed by atoms with Crippen LogP contribution < -0.4 is 5.32 Å². The van der Waals surface area contributed by atoms with Crippen LogP contribution in [0.4, 0.5) is 4.39 Å². The Morgan fingerprint density at radius 1 is 1.26 bits per heavy atom. The Morgan fingerprint density at radius 3 is 2.68 bits per heavy atom. The van der Waals surface area contributed by atoms with E-state index in [1.54, 1.807) is 23.9 Å². The molecule has 1 unspecified atom stereocenters. The number of nitrogens with one attached hydrogen (secondary N) is 1. The second kappa shape index (κ2) is 7.91. The maximum absolute atomic E-state index is 13.6. The molecule has 1 saturated carbocycles. The molecule has 0 heterocycles. The van der Waals surface area contributed by atoms with Crippen molar-refractivity contribution in [3.8, 4) is 0 Å². The van der Waals surface area contributed by atoms with Gasteiger partial charge in [-0.15, -0.1) is 11.8 Å². The van der Waals surface area contributed by atoms with E-state index in [2.05, 4.69) is 12.2 Å². The van der Waals surface area contributed by atoms with Crippen LogP contribution in [0.5, 0.6) is 0 Å². The van der Waals surface area contributed by atoms with Gasteiger partial charge in [0.15, 0.2) is 0 Å². The molecule has 1 fully saturated rings. The number of hydrogen-bond donors (Lipinski definition) is 1. The summed E-state index contributed by atoms with van der Waals surface area (Å²) in [5.41, 5.74) is 0. The van der Waals surface area contributed by atoms with E-state index in [1.165, 1.54) is 32.1 Å². The van der Waals surface area contributed by atoms with E-state index in [1.807, 2.05) is 12.1 Å². The molecule has 0 aromatic heterocycles. The SMILES string of the molecule is CCNC(CSc1ccccc1F)C1CCCCC1. The van der Waals surface area contributed by atoms with E-state index in [9.17, 15) is 4.39 Å². The van der Waals surface area contributed by atoms with Gasteiger partial charge in [-0.25, -0.2) is 4.39 Å². The largest absolute Gasteiger partial charge is 0.313 e. The monoisotopic (exact) mass is 281 g/mol. The van der Waals surface area contributed by atoms with Crippen molar-refractivity contribution in [2.45, 2.75) is 50.0 Å². The molecule has 2 rings (SSSR count). The van der Waals surface area contributed by atoms with Crippen molar-refractivity contribution in [2.75, 3.05) is 12.3 Å². The minimum Gasteiger partial charge on any atom is -0.313 e. The van der Waals surface area contributed by atoms with Crippen LogP contribution in [-0.2, 0) is 0 Å². The fraction of sp³-hybridized carbons (Fsp3) is 0.625. The maximum Gasteiger partial charge on any atom is 0.136 e. The lowest BCUT2D eigenvalue weighted by atomic mass is 9.84. The van der Waals surface area contributed by atoms with Crippen molar-refractivity contribution in [2.24, 2.45) is 5.92 Å². The summed E-state index contributed by atoms with van der Waals surface area (Å²) >= 11 is 1.65. The van der Waals surface area contributed by atoms with Crippen molar-refractivity contribution in [1.29, 1.82) is 0 Å². The van der Waals surface area contributed by atoms with Gasteiger partial charge in [0.1, 0.15) is 5.82 Å². The van der Waals surface area contributed by atoms with Gasteiger partial charge in [0, 0.05) is 16.7 Å². The molecule has 3 heteroatoms. The normalized spacial score (nSPS) is 18.4. The molecule has 1 atom stereocenters. The van der Waals surface area contributed by atoms with Gasteiger partial charge in [-0.05, 0) is 37.4 Å². The van der Waals surface area contributed by atoms with Gasteiger partial charge in [-0.2, -0.15) is 0 Å². The van der Waals surface area contributed by atoms with Crippen molar-refractivity contribution in [3.63, 3.8) is 0 Å². The number of thioether (sulfide) groups is 1. The number of benzene rings is 1. The molecule has 19 heavy (non-hydrogen) atoms. The Balaban J connectivity index is 1.91. The third-order valence-corrected chi connectivity index (χ3v) is 5.11. The summed E-state index contributed by atoms with van der Waals surface area (Å²) in [4.78, 5) is 0.779. The summed E-state index contributed by atoms with van der Waals surface area (Å²) < 4.78 is 13.6. The van der Waals surface area contributed by atoms with Crippen LogP contribution in [0.2, 0.25) is 0 Å². The van der Waals surface area contributed by atoms with Gasteiger partial charge in [0.25, 0.3) is 0 Å². The molecule has 0 bridgehead atoms. The first kappa shape index (κ1) is 14.9. The molecule has 1 N–H and O–H groups in total. The summed E-state index contributed by atoms with van der Waals surface area (Å²) in [6.07, 6.45) is 6.76. The van der Waals surface area contributed by atoms with E-state index < -0.39 is 0 Å². The van der Waals surface area contributed by atoms with Gasteiger partial charge in [-0.1, -0.05) is 38.3 Å². The van der Waals surface area contributed by atoms with Gasteiger partial charge >= 0.3 is 0 Å². The van der Waals surface area contributed by atoms with Crippen molar-refractivity contribution < 1.29 is 4.39 Å². The van der Waals surface area contributed by atoms with Crippen LogP contribution in [-0.4, -0.2) is 18.3 Å². The minimum atomic E-state index is -0.0913. The molecular weight excluding hydrogens is 257 g/mol. The molecule has 0 amide bonds. The lowest BCUT2D eigenvalue weighted by molar-refractivity contribution is 0.288. The molecule has 1 aliphatic rings. The van der Waals surface area contributed by atoms with Crippen LogP contribution in [0.1, 0.15) is 39.0 Å². The standard InChI is InChI=1S/C16H24FNS/c1-2-18-15(13-8-4-3-5-9-13)12-19-16-11-7-6-10-14(16)17/h6-7,10-11,13,15,18H,2-5,8-9,12H2,1H3. The molecule has 0 aliphatic heterocycles. The molecule has 1 aromatic carbocycles. The Morgan fingerprint density at radius 2 is 2.00 bits per heavy atom. The Labute approximate surface area is 120 Å². The van der Waals surface area contributed by atoms with E-state index in [-0.39, 0.29) is 5.82 Å². The lowest BCUT2D eigenvalue weighted by Gasteiger charge is -2.30. The van der Waals surface area contributed by atoms with Crippen LogP contribution in [0.3, 0.4) is 0 Å². The van der Waals surface area contributed by atoms with E-state index in [0.717, 1.165) is 23.1 Å². The third kappa shape index (κ3) is 4.50. The van der Waals surface area contributed by atoms with Crippen LogP contribution in [0.15, 0.2) is 29.2 Å². The number of rotatable bonds is 6. The molecule has 106 valence electrons. The fourth-order valence-corrected chi connectivity index (χ4v) is 4.03. The summed E-state index contributed by atoms with van der Waals surface area (Å²) in [6.45, 7) is 3.16. The second-order valence-corrected chi connectivity index (χ2v) is 6.37. The number of halogens is 1. The molecule has 1 aliphatic carbocycles. The summed E-state index contributed by atoms with van der Waals surface area (Å²) in [5, 5.41) is 3.60. The second-order valence-electron chi connectivity index (χ2n) is 5.30.